The summed E-state index contributed by atoms with van der Waals surface area (Å²) in [6.45, 7) is 0. The highest BCUT2D eigenvalue weighted by molar-refractivity contribution is 6.50. The van der Waals surface area contributed by atoms with Gasteiger partial charge in [-0.2, -0.15) is 0 Å². The number of nitrogens with zero attached hydrogens (tertiary/aromatic N) is 3. The zero-order valence-electron chi connectivity index (χ0n) is 4.98. The molecule has 0 aromatic rings. The minimum Gasteiger partial charge on any atom is -0.265 e. The van der Waals surface area contributed by atoms with E-state index in [-0.39, 0.29) is 5.91 Å². The van der Waals surface area contributed by atoms with Gasteiger partial charge in [0.2, 0.25) is 0 Å². The maximum atomic E-state index is 10.8. The summed E-state index contributed by atoms with van der Waals surface area (Å²) in [6, 6.07) is 0. The summed E-state index contributed by atoms with van der Waals surface area (Å²) >= 11 is 0. The monoisotopic (exact) mass is 133 g/mol. The Morgan fingerprint density at radius 3 is 3.00 bits per heavy atom. The molecule has 0 aromatic heterocycles. The molecule has 0 fully saturated rings. The summed E-state index contributed by atoms with van der Waals surface area (Å²) in [6.07, 6.45) is 4.44. The number of rotatable bonds is 0. The van der Waals surface area contributed by atoms with Crippen LogP contribution in [0.1, 0.15) is 0 Å². The molecule has 0 saturated heterocycles. The molecular weight excluding hydrogens is 130 g/mol. The average Bonchev–Trinajstić information content (AvgIpc) is 2.36. The Morgan fingerprint density at radius 2 is 2.20 bits per heavy atom. The molecule has 0 atom stereocenters. The van der Waals surface area contributed by atoms with Crippen molar-refractivity contribution in [3.8, 4) is 0 Å². The molecule has 2 heterocycles. The molecule has 0 radical (unpaired) electrons. The van der Waals surface area contributed by atoms with Gasteiger partial charge in [0, 0.05) is 6.21 Å². The number of carbonyl (C=O) groups excluding carboxylic acids is 1. The van der Waals surface area contributed by atoms with Crippen LogP contribution in [0.5, 0.6) is 0 Å². The lowest BCUT2D eigenvalue weighted by Crippen LogP contribution is -2.14. The number of aliphatic imine (C=N–C) groups is 3. The van der Waals surface area contributed by atoms with E-state index in [1.54, 1.807) is 6.08 Å². The van der Waals surface area contributed by atoms with Crippen molar-refractivity contribution >= 4 is 24.2 Å². The number of fused-ring (bicyclic) bond motifs is 1. The second-order valence-electron chi connectivity index (χ2n) is 1.86. The first kappa shape index (κ1) is 5.22. The topological polar surface area (TPSA) is 54.1 Å². The van der Waals surface area contributed by atoms with Gasteiger partial charge < -0.3 is 0 Å². The maximum Gasteiger partial charge on any atom is 0.297 e. The molecule has 48 valence electrons. The van der Waals surface area contributed by atoms with Crippen LogP contribution in [0, 0.1) is 0 Å². The molecule has 0 N–H and O–H groups in total. The van der Waals surface area contributed by atoms with Crippen LogP contribution in [0.2, 0.25) is 0 Å². The quantitative estimate of drug-likeness (QED) is 0.457. The Kier molecular flexibility index (Phi) is 0.887. The van der Waals surface area contributed by atoms with Gasteiger partial charge in [0.25, 0.3) is 5.91 Å². The summed E-state index contributed by atoms with van der Waals surface area (Å²) in [7, 11) is 0. The predicted molar refractivity (Wildman–Crippen MR) is 37.5 cm³/mol. The first-order chi connectivity index (χ1) is 4.88. The minimum atomic E-state index is -0.310. The number of hydrogen-bond acceptors (Lipinski definition) is 3. The number of amides is 1. The second-order valence-corrected chi connectivity index (χ2v) is 1.86. The fourth-order valence-corrected chi connectivity index (χ4v) is 0.800. The summed E-state index contributed by atoms with van der Waals surface area (Å²) < 4.78 is 0. The van der Waals surface area contributed by atoms with Crippen molar-refractivity contribution in [2.45, 2.75) is 0 Å². The SMILES string of the molecule is O=C1N=CC=C2N=CN=C12. The Hall–Kier alpha value is -1.58. The van der Waals surface area contributed by atoms with Gasteiger partial charge in [-0.05, 0) is 6.08 Å². The number of allylic oxidation sites excluding steroid dienone is 1. The zero-order valence-corrected chi connectivity index (χ0v) is 4.98. The van der Waals surface area contributed by atoms with Crippen LogP contribution in [0.25, 0.3) is 0 Å². The molecule has 2 aliphatic rings. The lowest BCUT2D eigenvalue weighted by Gasteiger charge is -1.97. The molecule has 4 nitrogen and oxygen atoms in total. The summed E-state index contributed by atoms with van der Waals surface area (Å²) in [5.74, 6) is -0.310. The zero-order chi connectivity index (χ0) is 6.97. The van der Waals surface area contributed by atoms with Crippen LogP contribution in [0.3, 0.4) is 0 Å². The molecule has 2 rings (SSSR count). The van der Waals surface area contributed by atoms with Crippen LogP contribution in [0.15, 0.2) is 26.8 Å². The normalized spacial score (nSPS) is 20.6. The third-order valence-corrected chi connectivity index (χ3v) is 1.25. The number of dihydropyridines is 1. The van der Waals surface area contributed by atoms with Crippen molar-refractivity contribution < 1.29 is 4.79 Å². The molecular formula is C6H3N3O. The average molecular weight is 133 g/mol. The van der Waals surface area contributed by atoms with Crippen molar-refractivity contribution in [1.29, 1.82) is 0 Å². The Morgan fingerprint density at radius 1 is 1.30 bits per heavy atom. The molecule has 0 aliphatic carbocycles. The van der Waals surface area contributed by atoms with Gasteiger partial charge >= 0.3 is 0 Å². The highest BCUT2D eigenvalue weighted by Gasteiger charge is 2.19. The maximum absolute atomic E-state index is 10.8. The van der Waals surface area contributed by atoms with E-state index in [2.05, 4.69) is 15.0 Å². The summed E-state index contributed by atoms with van der Waals surface area (Å²) in [4.78, 5) is 21.9. The van der Waals surface area contributed by atoms with Gasteiger partial charge in [-0.15, -0.1) is 0 Å². The van der Waals surface area contributed by atoms with Gasteiger partial charge in [0.1, 0.15) is 6.34 Å². The summed E-state index contributed by atoms with van der Waals surface area (Å²) in [5.41, 5.74) is 0.961. The van der Waals surface area contributed by atoms with E-state index in [4.69, 9.17) is 0 Å². The molecule has 2 aliphatic heterocycles. The van der Waals surface area contributed by atoms with Gasteiger partial charge in [0.15, 0.2) is 5.71 Å². The Balaban J connectivity index is 2.54. The summed E-state index contributed by atoms with van der Waals surface area (Å²) in [5, 5.41) is 0. The second kappa shape index (κ2) is 1.70. The van der Waals surface area contributed by atoms with Crippen molar-refractivity contribution in [2.24, 2.45) is 15.0 Å². The third-order valence-electron chi connectivity index (χ3n) is 1.25. The molecule has 0 bridgehead atoms. The van der Waals surface area contributed by atoms with E-state index in [1.807, 2.05) is 0 Å². The van der Waals surface area contributed by atoms with E-state index in [9.17, 15) is 4.79 Å². The standard InChI is InChI=1S/C6H3N3O/c10-6-5-4(1-2-7-6)8-3-9-5/h1-3H. The first-order valence-corrected chi connectivity index (χ1v) is 2.77. The van der Waals surface area contributed by atoms with E-state index in [0.717, 1.165) is 0 Å². The first-order valence-electron chi connectivity index (χ1n) is 2.77. The highest BCUT2D eigenvalue weighted by atomic mass is 16.1. The van der Waals surface area contributed by atoms with Crippen LogP contribution in [-0.4, -0.2) is 24.2 Å². The van der Waals surface area contributed by atoms with Crippen molar-refractivity contribution in [1.82, 2.24) is 0 Å². The third kappa shape index (κ3) is 0.556. The van der Waals surface area contributed by atoms with Crippen LogP contribution in [-0.2, 0) is 4.79 Å². The van der Waals surface area contributed by atoms with Crippen LogP contribution >= 0.6 is 0 Å². The van der Waals surface area contributed by atoms with Gasteiger partial charge in [-0.3, -0.25) is 4.79 Å². The molecule has 10 heavy (non-hydrogen) atoms. The van der Waals surface area contributed by atoms with E-state index in [0.29, 0.717) is 11.4 Å². The van der Waals surface area contributed by atoms with E-state index >= 15 is 0 Å². The lowest BCUT2D eigenvalue weighted by atomic mass is 10.2. The number of carbonyl (C=O) groups is 1. The van der Waals surface area contributed by atoms with Gasteiger partial charge in [-0.1, -0.05) is 0 Å². The Labute approximate surface area is 56.7 Å². The largest absolute Gasteiger partial charge is 0.297 e. The highest BCUT2D eigenvalue weighted by Crippen LogP contribution is 2.09. The van der Waals surface area contributed by atoms with Crippen molar-refractivity contribution in [3.63, 3.8) is 0 Å². The van der Waals surface area contributed by atoms with Crippen LogP contribution < -0.4 is 0 Å². The molecule has 0 aromatic carbocycles. The fraction of sp³-hybridized carbons (Fsp3) is 0. The van der Waals surface area contributed by atoms with Crippen molar-refractivity contribution in [2.75, 3.05) is 0 Å². The van der Waals surface area contributed by atoms with Gasteiger partial charge in [0.05, 0.1) is 5.70 Å². The minimum absolute atomic E-state index is 0.310. The van der Waals surface area contributed by atoms with Crippen LogP contribution in [0.4, 0.5) is 0 Å². The lowest BCUT2D eigenvalue weighted by molar-refractivity contribution is -0.111. The molecule has 4 heteroatoms. The predicted octanol–water partition coefficient (Wildman–Crippen LogP) is -0.0358. The van der Waals surface area contributed by atoms with E-state index < -0.39 is 0 Å². The Bertz CT molecular complexity index is 303. The van der Waals surface area contributed by atoms with Crippen molar-refractivity contribution in [3.05, 3.63) is 11.8 Å². The van der Waals surface area contributed by atoms with Gasteiger partial charge in [-0.25, -0.2) is 15.0 Å². The molecule has 0 saturated carbocycles. The molecule has 0 spiro atoms. The van der Waals surface area contributed by atoms with E-state index in [1.165, 1.54) is 12.6 Å². The molecule has 1 amide bonds. The molecule has 0 unspecified atom stereocenters. The number of hydrogen-bond donors (Lipinski definition) is 0. The smallest absolute Gasteiger partial charge is 0.265 e. The fourth-order valence-electron chi connectivity index (χ4n) is 0.800.